The van der Waals surface area contributed by atoms with Crippen LogP contribution in [-0.4, -0.2) is 37.4 Å². The third-order valence-corrected chi connectivity index (χ3v) is 4.02. The summed E-state index contributed by atoms with van der Waals surface area (Å²) in [5.41, 5.74) is 5.71. The number of hydrogen-bond donors (Lipinski definition) is 3. The topological polar surface area (TPSA) is 114 Å². The molecule has 0 unspecified atom stereocenters. The minimum atomic E-state index is -3.79. The molecule has 9 heteroatoms. The number of carbonyl (C=O) groups excluding carboxylic acids is 1. The van der Waals surface area contributed by atoms with Crippen molar-refractivity contribution in [2.45, 2.75) is 18.7 Å². The minimum Gasteiger partial charge on any atom is -0.388 e. The molecule has 1 amide bonds. The van der Waals surface area contributed by atoms with Gasteiger partial charge in [0.2, 0.25) is 15.9 Å². The van der Waals surface area contributed by atoms with Gasteiger partial charge in [0, 0.05) is 12.7 Å². The van der Waals surface area contributed by atoms with Crippen LogP contribution in [-0.2, 0) is 14.8 Å². The van der Waals surface area contributed by atoms with Crippen molar-refractivity contribution in [2.75, 3.05) is 13.1 Å². The molecule has 4 N–H and O–H groups in total. The van der Waals surface area contributed by atoms with Gasteiger partial charge in [0.25, 0.3) is 0 Å². The van der Waals surface area contributed by atoms with E-state index >= 15 is 0 Å². The molecule has 0 fully saturated rings. The van der Waals surface area contributed by atoms with E-state index in [4.69, 9.17) is 18.0 Å². The van der Waals surface area contributed by atoms with Gasteiger partial charge in [0.1, 0.15) is 9.88 Å². The molecule has 116 valence electrons. The SMILES string of the molecule is CC(C)CNC(=O)CNS(=O)(=O)c1ccc(C(N)=S)nc1. The third-order valence-electron chi connectivity index (χ3n) is 2.43. The molecule has 0 aromatic carbocycles. The van der Waals surface area contributed by atoms with Gasteiger partial charge in [-0.1, -0.05) is 26.1 Å². The second-order valence-electron chi connectivity index (χ2n) is 4.77. The van der Waals surface area contributed by atoms with Crippen molar-refractivity contribution in [1.82, 2.24) is 15.0 Å². The number of carbonyl (C=O) groups is 1. The summed E-state index contributed by atoms with van der Waals surface area (Å²) in [6.45, 7) is 4.05. The second kappa shape index (κ2) is 7.43. The molecular weight excluding hydrogens is 312 g/mol. The standard InChI is InChI=1S/C12H18N4O3S2/c1-8(2)5-15-11(17)7-16-21(18,19)9-3-4-10(12(13)20)14-6-9/h3-4,6,8,16H,5,7H2,1-2H3,(H2,13,20)(H,15,17). The molecular formula is C12H18N4O3S2. The summed E-state index contributed by atoms with van der Waals surface area (Å²) in [7, 11) is -3.79. The van der Waals surface area contributed by atoms with Gasteiger partial charge in [0.15, 0.2) is 0 Å². The normalized spacial score (nSPS) is 11.4. The van der Waals surface area contributed by atoms with E-state index < -0.39 is 10.0 Å². The minimum absolute atomic E-state index is 0.0563. The van der Waals surface area contributed by atoms with Gasteiger partial charge in [-0.2, -0.15) is 0 Å². The highest BCUT2D eigenvalue weighted by atomic mass is 32.2. The summed E-state index contributed by atoms with van der Waals surface area (Å²) >= 11 is 4.73. The molecule has 0 spiro atoms. The van der Waals surface area contributed by atoms with Crippen LogP contribution in [0.3, 0.4) is 0 Å². The zero-order valence-electron chi connectivity index (χ0n) is 11.8. The van der Waals surface area contributed by atoms with Gasteiger partial charge in [-0.05, 0) is 18.1 Å². The predicted octanol–water partition coefficient (Wildman–Crippen LogP) is -0.234. The molecule has 1 aromatic heterocycles. The number of thiocarbonyl (C=S) groups is 1. The number of amides is 1. The lowest BCUT2D eigenvalue weighted by molar-refractivity contribution is -0.120. The van der Waals surface area contributed by atoms with E-state index in [9.17, 15) is 13.2 Å². The Kier molecular flexibility index (Phi) is 6.19. The van der Waals surface area contributed by atoms with Gasteiger partial charge in [0.05, 0.1) is 12.2 Å². The van der Waals surface area contributed by atoms with Crippen LogP contribution in [0, 0.1) is 5.92 Å². The lowest BCUT2D eigenvalue weighted by atomic mass is 10.2. The Labute approximate surface area is 129 Å². The van der Waals surface area contributed by atoms with Gasteiger partial charge in [-0.15, -0.1) is 0 Å². The number of pyridine rings is 1. The number of sulfonamides is 1. The van der Waals surface area contributed by atoms with Crippen LogP contribution in [0.2, 0.25) is 0 Å². The fourth-order valence-corrected chi connectivity index (χ4v) is 2.36. The zero-order valence-corrected chi connectivity index (χ0v) is 13.4. The quantitative estimate of drug-likeness (QED) is 0.595. The van der Waals surface area contributed by atoms with Crippen molar-refractivity contribution >= 4 is 33.1 Å². The molecule has 21 heavy (non-hydrogen) atoms. The summed E-state index contributed by atoms with van der Waals surface area (Å²) in [6, 6.07) is 2.74. The second-order valence-corrected chi connectivity index (χ2v) is 6.97. The predicted molar refractivity (Wildman–Crippen MR) is 83.2 cm³/mol. The Morgan fingerprint density at radius 1 is 1.43 bits per heavy atom. The van der Waals surface area contributed by atoms with Crippen molar-refractivity contribution in [3.63, 3.8) is 0 Å². The van der Waals surface area contributed by atoms with Crippen LogP contribution in [0.5, 0.6) is 0 Å². The Balaban J connectivity index is 2.65. The van der Waals surface area contributed by atoms with Crippen molar-refractivity contribution in [3.05, 3.63) is 24.0 Å². The molecule has 0 aliphatic heterocycles. The van der Waals surface area contributed by atoms with Gasteiger partial charge in [-0.25, -0.2) is 13.1 Å². The maximum Gasteiger partial charge on any atom is 0.242 e. The van der Waals surface area contributed by atoms with Crippen LogP contribution in [0.1, 0.15) is 19.5 Å². The lowest BCUT2D eigenvalue weighted by Gasteiger charge is -2.09. The summed E-state index contributed by atoms with van der Waals surface area (Å²) in [5.74, 6) is -0.0950. The Morgan fingerprint density at radius 2 is 2.10 bits per heavy atom. The Bertz CT molecular complexity index is 612. The molecule has 7 nitrogen and oxygen atoms in total. The van der Waals surface area contributed by atoms with Gasteiger partial charge in [-0.3, -0.25) is 9.78 Å². The van der Waals surface area contributed by atoms with E-state index in [1.807, 2.05) is 13.8 Å². The average Bonchev–Trinajstić information content (AvgIpc) is 2.43. The van der Waals surface area contributed by atoms with Gasteiger partial charge >= 0.3 is 0 Å². The van der Waals surface area contributed by atoms with Crippen molar-refractivity contribution in [3.8, 4) is 0 Å². The van der Waals surface area contributed by atoms with Crippen LogP contribution in [0.25, 0.3) is 0 Å². The molecule has 0 bridgehead atoms. The molecule has 1 rings (SSSR count). The van der Waals surface area contributed by atoms with E-state index in [-0.39, 0.29) is 22.3 Å². The zero-order chi connectivity index (χ0) is 16.0. The third kappa shape index (κ3) is 5.74. The fourth-order valence-electron chi connectivity index (χ4n) is 1.31. The summed E-state index contributed by atoms with van der Waals surface area (Å²) < 4.78 is 26.1. The first-order valence-corrected chi connectivity index (χ1v) is 8.13. The molecule has 1 heterocycles. The van der Waals surface area contributed by atoms with Crippen molar-refractivity contribution < 1.29 is 13.2 Å². The number of hydrogen-bond acceptors (Lipinski definition) is 5. The van der Waals surface area contributed by atoms with Crippen LogP contribution in [0.4, 0.5) is 0 Å². The molecule has 0 aliphatic carbocycles. The number of nitrogens with one attached hydrogen (secondary N) is 2. The smallest absolute Gasteiger partial charge is 0.242 e. The van der Waals surface area contributed by atoms with Crippen LogP contribution >= 0.6 is 12.2 Å². The first kappa shape index (κ1) is 17.5. The fraction of sp³-hybridized carbons (Fsp3) is 0.417. The molecule has 0 radical (unpaired) electrons. The maximum atomic E-state index is 12.0. The highest BCUT2D eigenvalue weighted by Crippen LogP contribution is 2.07. The van der Waals surface area contributed by atoms with Crippen LogP contribution in [0.15, 0.2) is 23.2 Å². The van der Waals surface area contributed by atoms with Gasteiger partial charge < -0.3 is 11.1 Å². The lowest BCUT2D eigenvalue weighted by Crippen LogP contribution is -2.38. The van der Waals surface area contributed by atoms with Crippen molar-refractivity contribution in [1.29, 1.82) is 0 Å². The first-order valence-electron chi connectivity index (χ1n) is 6.24. The Morgan fingerprint density at radius 3 is 2.57 bits per heavy atom. The van der Waals surface area contributed by atoms with E-state index in [1.54, 1.807) is 0 Å². The van der Waals surface area contributed by atoms with Crippen LogP contribution < -0.4 is 15.8 Å². The largest absolute Gasteiger partial charge is 0.388 e. The number of aromatic nitrogens is 1. The highest BCUT2D eigenvalue weighted by Gasteiger charge is 2.16. The number of rotatable bonds is 7. The molecule has 0 saturated carbocycles. The summed E-state index contributed by atoms with van der Waals surface area (Å²) in [6.07, 6.45) is 1.14. The Hall–Kier alpha value is -1.58. The summed E-state index contributed by atoms with van der Waals surface area (Å²) in [5, 5.41) is 2.62. The van der Waals surface area contributed by atoms with E-state index in [0.717, 1.165) is 6.20 Å². The molecule has 0 aliphatic rings. The molecule has 0 atom stereocenters. The highest BCUT2D eigenvalue weighted by molar-refractivity contribution is 7.89. The van der Waals surface area contributed by atoms with E-state index in [1.165, 1.54) is 12.1 Å². The monoisotopic (exact) mass is 330 g/mol. The van der Waals surface area contributed by atoms with E-state index in [2.05, 4.69) is 15.0 Å². The molecule has 0 saturated heterocycles. The number of nitrogens with two attached hydrogens (primary N) is 1. The van der Waals surface area contributed by atoms with E-state index in [0.29, 0.717) is 18.2 Å². The van der Waals surface area contributed by atoms with Crippen molar-refractivity contribution in [2.24, 2.45) is 11.7 Å². The first-order chi connectivity index (χ1) is 9.72. The number of nitrogens with zero attached hydrogens (tertiary/aromatic N) is 1. The summed E-state index contributed by atoms with van der Waals surface area (Å²) in [4.78, 5) is 15.4. The average molecular weight is 330 g/mol. The molecule has 1 aromatic rings. The maximum absolute atomic E-state index is 12.0.